The van der Waals surface area contributed by atoms with Crippen LogP contribution < -0.4 is 14.5 Å². The van der Waals surface area contributed by atoms with E-state index in [1.807, 2.05) is 78.9 Å². The molecule has 1 atom stereocenters. The fraction of sp³-hybridized carbons (Fsp3) is 0.167. The van der Waals surface area contributed by atoms with Gasteiger partial charge in [-0.3, -0.25) is 19.4 Å². The van der Waals surface area contributed by atoms with E-state index in [4.69, 9.17) is 4.74 Å². The van der Waals surface area contributed by atoms with E-state index in [0.717, 1.165) is 22.6 Å². The number of ether oxygens (including phenoxy) is 1. The highest BCUT2D eigenvalue weighted by atomic mass is 32.2. The number of carbonyl (C=O) groups excluding carboxylic acids is 2. The zero-order valence-corrected chi connectivity index (χ0v) is 17.6. The maximum atomic E-state index is 12.7. The van der Waals surface area contributed by atoms with Crippen LogP contribution in [0.5, 0.6) is 5.75 Å². The summed E-state index contributed by atoms with van der Waals surface area (Å²) >= 11 is 1.58. The first-order chi connectivity index (χ1) is 14.6. The Balaban J connectivity index is 1.66. The van der Waals surface area contributed by atoms with E-state index in [2.05, 4.69) is 0 Å². The summed E-state index contributed by atoms with van der Waals surface area (Å²) in [7, 11) is 1.61. The molecule has 3 aromatic rings. The van der Waals surface area contributed by atoms with E-state index in [1.54, 1.807) is 35.6 Å². The highest BCUT2D eigenvalue weighted by Crippen LogP contribution is 2.45. The summed E-state index contributed by atoms with van der Waals surface area (Å²) in [6, 6.07) is 24.9. The molecule has 1 aliphatic rings. The fourth-order valence-electron chi connectivity index (χ4n) is 3.64. The predicted octanol–water partition coefficient (Wildman–Crippen LogP) is 5.16. The number of benzene rings is 3. The largest absolute Gasteiger partial charge is 0.495 e. The molecule has 0 N–H and O–H groups in total. The third kappa shape index (κ3) is 3.78. The molecular weight excluding hydrogens is 396 g/mol. The van der Waals surface area contributed by atoms with Crippen LogP contribution in [0.4, 0.5) is 17.1 Å². The maximum absolute atomic E-state index is 12.7. The van der Waals surface area contributed by atoms with Crippen molar-refractivity contribution in [2.45, 2.75) is 12.3 Å². The minimum atomic E-state index is -0.148. The van der Waals surface area contributed by atoms with Crippen LogP contribution >= 0.6 is 11.8 Å². The number of rotatable bonds is 5. The number of para-hydroxylation sites is 3. The molecule has 1 heterocycles. The first-order valence-corrected chi connectivity index (χ1v) is 10.7. The number of amides is 2. The number of nitrogens with zero attached hydrogens (tertiary/aromatic N) is 2. The van der Waals surface area contributed by atoms with Crippen molar-refractivity contribution in [2.75, 3.05) is 22.7 Å². The van der Waals surface area contributed by atoms with Crippen LogP contribution in [-0.2, 0) is 9.59 Å². The molecule has 1 fully saturated rings. The van der Waals surface area contributed by atoms with Crippen molar-refractivity contribution in [1.82, 2.24) is 0 Å². The molecule has 3 aromatic carbocycles. The third-order valence-corrected chi connectivity index (χ3v) is 6.19. The molecule has 30 heavy (non-hydrogen) atoms. The first-order valence-electron chi connectivity index (χ1n) is 9.62. The van der Waals surface area contributed by atoms with Crippen LogP contribution in [-0.4, -0.2) is 24.7 Å². The second-order valence-corrected chi connectivity index (χ2v) is 7.95. The van der Waals surface area contributed by atoms with Crippen molar-refractivity contribution in [1.29, 1.82) is 0 Å². The molecule has 0 spiro atoms. The summed E-state index contributed by atoms with van der Waals surface area (Å²) in [6.07, 6.45) is 0. The van der Waals surface area contributed by atoms with Crippen molar-refractivity contribution in [3.05, 3.63) is 84.4 Å². The van der Waals surface area contributed by atoms with Gasteiger partial charge in [0.2, 0.25) is 11.8 Å². The lowest BCUT2D eigenvalue weighted by Gasteiger charge is -2.27. The minimum Gasteiger partial charge on any atom is -0.495 e. The Morgan fingerprint density at radius 3 is 2.27 bits per heavy atom. The van der Waals surface area contributed by atoms with Gasteiger partial charge in [0.05, 0.1) is 18.6 Å². The van der Waals surface area contributed by atoms with Gasteiger partial charge in [0.15, 0.2) is 0 Å². The Labute approximate surface area is 180 Å². The number of thioether (sulfide) groups is 1. The second kappa shape index (κ2) is 8.63. The minimum absolute atomic E-state index is 0.0493. The van der Waals surface area contributed by atoms with Crippen LogP contribution in [0.1, 0.15) is 17.9 Å². The number of carbonyl (C=O) groups is 2. The van der Waals surface area contributed by atoms with Crippen LogP contribution in [0.25, 0.3) is 0 Å². The molecule has 1 unspecified atom stereocenters. The Bertz CT molecular complexity index is 1050. The van der Waals surface area contributed by atoms with Gasteiger partial charge in [-0.05, 0) is 42.0 Å². The lowest BCUT2D eigenvalue weighted by Crippen LogP contribution is -2.28. The molecule has 4 rings (SSSR count). The Hall–Kier alpha value is -3.25. The van der Waals surface area contributed by atoms with E-state index < -0.39 is 0 Å². The average Bonchev–Trinajstić information content (AvgIpc) is 3.16. The molecule has 5 nitrogen and oxygen atoms in total. The molecule has 6 heteroatoms. The summed E-state index contributed by atoms with van der Waals surface area (Å²) in [5.74, 6) is 1.07. The number of anilines is 3. The van der Waals surface area contributed by atoms with Crippen molar-refractivity contribution in [2.24, 2.45) is 0 Å². The topological polar surface area (TPSA) is 49.9 Å². The summed E-state index contributed by atoms with van der Waals surface area (Å²) in [5.41, 5.74) is 3.37. The highest BCUT2D eigenvalue weighted by molar-refractivity contribution is 8.00. The predicted molar refractivity (Wildman–Crippen MR) is 121 cm³/mol. The molecule has 0 aromatic heterocycles. The van der Waals surface area contributed by atoms with Crippen LogP contribution in [0.15, 0.2) is 78.9 Å². The molecular formula is C24H22N2O3S. The number of methoxy groups -OCH3 is 1. The van der Waals surface area contributed by atoms with Crippen molar-refractivity contribution >= 4 is 40.6 Å². The summed E-state index contributed by atoms with van der Waals surface area (Å²) in [6.45, 7) is 1.55. The van der Waals surface area contributed by atoms with Gasteiger partial charge < -0.3 is 4.74 Å². The average molecular weight is 419 g/mol. The highest BCUT2D eigenvalue weighted by Gasteiger charge is 2.35. The zero-order valence-electron chi connectivity index (χ0n) is 16.8. The van der Waals surface area contributed by atoms with Gasteiger partial charge in [0.1, 0.15) is 11.1 Å². The normalized spacial score (nSPS) is 15.9. The van der Waals surface area contributed by atoms with Gasteiger partial charge in [0, 0.05) is 18.3 Å². The van der Waals surface area contributed by atoms with Crippen molar-refractivity contribution < 1.29 is 14.3 Å². The van der Waals surface area contributed by atoms with Gasteiger partial charge in [-0.25, -0.2) is 0 Å². The lowest BCUT2D eigenvalue weighted by molar-refractivity contribution is -0.116. The van der Waals surface area contributed by atoms with E-state index in [0.29, 0.717) is 11.5 Å². The summed E-state index contributed by atoms with van der Waals surface area (Å²) in [4.78, 5) is 28.4. The van der Waals surface area contributed by atoms with Gasteiger partial charge in [-0.15, -0.1) is 11.8 Å². The molecule has 152 valence electrons. The van der Waals surface area contributed by atoms with Gasteiger partial charge in [0.25, 0.3) is 0 Å². The summed E-state index contributed by atoms with van der Waals surface area (Å²) in [5, 5.41) is -0.148. The van der Waals surface area contributed by atoms with E-state index in [-0.39, 0.29) is 17.2 Å². The van der Waals surface area contributed by atoms with Crippen LogP contribution in [0.2, 0.25) is 0 Å². The quantitative estimate of drug-likeness (QED) is 0.574. The maximum Gasteiger partial charge on any atom is 0.238 e. The number of hydrogen-bond donors (Lipinski definition) is 0. The second-order valence-electron chi connectivity index (χ2n) is 6.88. The number of hydrogen-bond acceptors (Lipinski definition) is 4. The standard InChI is InChI=1S/C24H22N2O3S/c1-17(27)25(19-8-4-3-5-9-19)20-14-12-18(13-15-20)24-26(23(28)16-30-24)21-10-6-7-11-22(21)29-2/h3-15,24H,16H2,1-2H3. The fourth-order valence-corrected chi connectivity index (χ4v) is 4.81. The monoisotopic (exact) mass is 418 g/mol. The van der Waals surface area contributed by atoms with Crippen LogP contribution in [0.3, 0.4) is 0 Å². The smallest absolute Gasteiger partial charge is 0.238 e. The van der Waals surface area contributed by atoms with E-state index >= 15 is 0 Å². The molecule has 0 aliphatic carbocycles. The van der Waals surface area contributed by atoms with Crippen LogP contribution in [0, 0.1) is 0 Å². The Morgan fingerprint density at radius 2 is 1.60 bits per heavy atom. The Morgan fingerprint density at radius 1 is 0.967 bits per heavy atom. The summed E-state index contributed by atoms with van der Waals surface area (Å²) < 4.78 is 5.47. The van der Waals surface area contributed by atoms with Gasteiger partial charge in [-0.1, -0.05) is 42.5 Å². The van der Waals surface area contributed by atoms with Gasteiger partial charge in [-0.2, -0.15) is 0 Å². The first kappa shape index (κ1) is 20.0. The zero-order chi connectivity index (χ0) is 21.1. The van der Waals surface area contributed by atoms with Gasteiger partial charge >= 0.3 is 0 Å². The Kier molecular flexibility index (Phi) is 5.77. The molecule has 2 amide bonds. The van der Waals surface area contributed by atoms with E-state index in [9.17, 15) is 9.59 Å². The molecule has 1 saturated heterocycles. The van der Waals surface area contributed by atoms with Crippen molar-refractivity contribution in [3.8, 4) is 5.75 Å². The SMILES string of the molecule is COc1ccccc1N1C(=O)CSC1c1ccc(N(C(C)=O)c2ccccc2)cc1. The molecule has 0 radical (unpaired) electrons. The molecule has 0 bridgehead atoms. The molecule has 0 saturated carbocycles. The van der Waals surface area contributed by atoms with E-state index in [1.165, 1.54) is 0 Å². The third-order valence-electron chi connectivity index (χ3n) is 4.98. The van der Waals surface area contributed by atoms with Crippen molar-refractivity contribution in [3.63, 3.8) is 0 Å². The lowest BCUT2D eigenvalue weighted by atomic mass is 10.1. The molecule has 1 aliphatic heterocycles.